The minimum absolute atomic E-state index is 0.0418. The Labute approximate surface area is 105 Å². The van der Waals surface area contributed by atoms with Gasteiger partial charge in [0.2, 0.25) is 11.9 Å². The number of aromatic amines is 1. The number of anilines is 1. The molecule has 8 nitrogen and oxygen atoms in total. The summed E-state index contributed by atoms with van der Waals surface area (Å²) in [5.74, 6) is -0.649. The van der Waals surface area contributed by atoms with Crippen molar-refractivity contribution in [2.45, 2.75) is 25.5 Å². The number of nitrogens with one attached hydrogen (secondary N) is 2. The number of hydrogen-bond acceptors (Lipinski definition) is 6. The van der Waals surface area contributed by atoms with E-state index in [0.29, 0.717) is 6.61 Å². The Morgan fingerprint density at radius 3 is 2.61 bits per heavy atom. The molecule has 0 aliphatic rings. The van der Waals surface area contributed by atoms with Gasteiger partial charge in [0.15, 0.2) is 9.84 Å². The van der Waals surface area contributed by atoms with Crippen LogP contribution >= 0.6 is 0 Å². The molecule has 102 valence electrons. The predicted octanol–water partition coefficient (Wildman–Crippen LogP) is -0.0349. The van der Waals surface area contributed by atoms with Crippen molar-refractivity contribution in [3.05, 3.63) is 0 Å². The van der Waals surface area contributed by atoms with Crippen molar-refractivity contribution in [2.75, 3.05) is 18.2 Å². The third-order valence-electron chi connectivity index (χ3n) is 2.44. The zero-order valence-corrected chi connectivity index (χ0v) is 11.5. The molecule has 1 aromatic heterocycles. The average Bonchev–Trinajstić information content (AvgIpc) is 2.64. The van der Waals surface area contributed by atoms with E-state index in [0.717, 1.165) is 6.26 Å². The van der Waals surface area contributed by atoms with Gasteiger partial charge < -0.3 is 4.74 Å². The lowest BCUT2D eigenvalue weighted by Gasteiger charge is -2.20. The van der Waals surface area contributed by atoms with Crippen molar-refractivity contribution in [1.82, 2.24) is 15.2 Å². The molecule has 1 rings (SSSR count). The molecule has 1 aromatic rings. The van der Waals surface area contributed by atoms with E-state index in [-0.39, 0.29) is 12.0 Å². The molecule has 1 heterocycles. The van der Waals surface area contributed by atoms with Crippen LogP contribution in [0, 0.1) is 0 Å². The normalized spacial score (nSPS) is 12.2. The smallest absolute Gasteiger partial charge is 0.337 e. The van der Waals surface area contributed by atoms with Gasteiger partial charge in [-0.15, -0.1) is 5.10 Å². The number of amides is 1. The molecule has 1 amide bonds. The van der Waals surface area contributed by atoms with Crippen molar-refractivity contribution in [3.63, 3.8) is 0 Å². The molecule has 0 bridgehead atoms. The quantitative estimate of drug-likeness (QED) is 0.780. The molecule has 0 radical (unpaired) electrons. The summed E-state index contributed by atoms with van der Waals surface area (Å²) < 4.78 is 26.4. The lowest BCUT2D eigenvalue weighted by molar-refractivity contribution is -0.117. The minimum Gasteiger partial charge on any atom is -0.463 e. The number of nitrogens with zero attached hydrogens (tertiary/aromatic N) is 2. The topological polar surface area (TPSA) is 114 Å². The average molecular weight is 276 g/mol. The number of H-pyrrole nitrogens is 1. The number of sulfone groups is 1. The van der Waals surface area contributed by atoms with Gasteiger partial charge in [-0.3, -0.25) is 10.1 Å². The van der Waals surface area contributed by atoms with Crippen LogP contribution in [0.3, 0.4) is 0 Å². The summed E-state index contributed by atoms with van der Waals surface area (Å²) >= 11 is 0. The molecule has 0 aromatic carbocycles. The van der Waals surface area contributed by atoms with Crippen molar-refractivity contribution in [3.8, 4) is 6.01 Å². The Morgan fingerprint density at radius 1 is 1.50 bits per heavy atom. The van der Waals surface area contributed by atoms with Gasteiger partial charge >= 0.3 is 6.01 Å². The number of hydrogen-bond donors (Lipinski definition) is 2. The molecular formula is C9H16N4O4S. The van der Waals surface area contributed by atoms with Gasteiger partial charge in [-0.1, -0.05) is 0 Å². The van der Waals surface area contributed by atoms with Crippen LogP contribution in [0.2, 0.25) is 0 Å². The van der Waals surface area contributed by atoms with E-state index in [9.17, 15) is 13.2 Å². The van der Waals surface area contributed by atoms with Crippen LogP contribution in [-0.2, 0) is 14.6 Å². The van der Waals surface area contributed by atoms with Crippen LogP contribution in [0.4, 0.5) is 5.95 Å². The fraction of sp³-hybridized carbons (Fsp3) is 0.667. The van der Waals surface area contributed by atoms with E-state index >= 15 is 0 Å². The summed E-state index contributed by atoms with van der Waals surface area (Å²) in [6.07, 6.45) is 0.999. The highest BCUT2D eigenvalue weighted by atomic mass is 32.2. The first-order chi connectivity index (χ1) is 8.18. The summed E-state index contributed by atoms with van der Waals surface area (Å²) in [5, 5.41) is 8.45. The van der Waals surface area contributed by atoms with Crippen LogP contribution in [0.1, 0.15) is 20.8 Å². The summed E-state index contributed by atoms with van der Waals surface area (Å²) in [6, 6.07) is 0.0879. The third kappa shape index (κ3) is 2.97. The van der Waals surface area contributed by atoms with Crippen LogP contribution in [-0.4, -0.2) is 47.1 Å². The monoisotopic (exact) mass is 276 g/mol. The summed E-state index contributed by atoms with van der Waals surface area (Å²) in [7, 11) is -3.53. The SMILES string of the molecule is CCOc1n[nH]c(NC(=O)C(C)(C)S(C)(=O)=O)n1. The standard InChI is InChI=1S/C9H16N4O4S/c1-5-17-8-11-7(12-13-8)10-6(14)9(2,3)18(4,15)16/h5H2,1-4H3,(H2,10,11,12,13,14). The minimum atomic E-state index is -3.53. The molecular weight excluding hydrogens is 260 g/mol. The number of aromatic nitrogens is 3. The molecule has 0 spiro atoms. The molecule has 0 saturated carbocycles. The van der Waals surface area contributed by atoms with Gasteiger partial charge in [0, 0.05) is 6.26 Å². The number of carbonyl (C=O) groups is 1. The van der Waals surface area contributed by atoms with Crippen molar-refractivity contribution >= 4 is 21.7 Å². The lowest BCUT2D eigenvalue weighted by Crippen LogP contribution is -2.44. The zero-order valence-electron chi connectivity index (χ0n) is 10.6. The number of ether oxygens (including phenoxy) is 1. The highest BCUT2D eigenvalue weighted by molar-refractivity contribution is 7.92. The van der Waals surface area contributed by atoms with Crippen LogP contribution in [0.25, 0.3) is 0 Å². The maximum absolute atomic E-state index is 11.8. The lowest BCUT2D eigenvalue weighted by atomic mass is 10.2. The molecule has 0 atom stereocenters. The largest absolute Gasteiger partial charge is 0.463 e. The zero-order chi connectivity index (χ0) is 14.0. The number of carbonyl (C=O) groups excluding carboxylic acids is 1. The van der Waals surface area contributed by atoms with E-state index in [1.165, 1.54) is 13.8 Å². The van der Waals surface area contributed by atoms with E-state index in [2.05, 4.69) is 20.5 Å². The Hall–Kier alpha value is -1.64. The van der Waals surface area contributed by atoms with Crippen LogP contribution in [0.5, 0.6) is 6.01 Å². The van der Waals surface area contributed by atoms with Gasteiger partial charge in [0.05, 0.1) is 6.61 Å². The second kappa shape index (κ2) is 4.92. The van der Waals surface area contributed by atoms with Gasteiger partial charge in [-0.05, 0) is 20.8 Å². The van der Waals surface area contributed by atoms with E-state index < -0.39 is 20.5 Å². The van der Waals surface area contributed by atoms with E-state index in [1.807, 2.05) is 0 Å². The van der Waals surface area contributed by atoms with Gasteiger partial charge in [-0.2, -0.15) is 4.98 Å². The highest BCUT2D eigenvalue weighted by Gasteiger charge is 2.38. The molecule has 0 unspecified atom stereocenters. The molecule has 18 heavy (non-hydrogen) atoms. The number of rotatable bonds is 5. The summed E-state index contributed by atoms with van der Waals surface area (Å²) in [4.78, 5) is 15.6. The summed E-state index contributed by atoms with van der Waals surface area (Å²) in [5.41, 5.74) is 0. The first-order valence-corrected chi connectivity index (χ1v) is 7.14. The third-order valence-corrected chi connectivity index (χ3v) is 4.48. The van der Waals surface area contributed by atoms with Gasteiger partial charge in [0.1, 0.15) is 4.75 Å². The maximum Gasteiger partial charge on any atom is 0.337 e. The maximum atomic E-state index is 11.8. The highest BCUT2D eigenvalue weighted by Crippen LogP contribution is 2.17. The van der Waals surface area contributed by atoms with E-state index in [4.69, 9.17) is 4.74 Å². The first kappa shape index (κ1) is 14.4. The predicted molar refractivity (Wildman–Crippen MR) is 65.1 cm³/mol. The molecule has 0 aliphatic carbocycles. The Kier molecular flexibility index (Phi) is 3.95. The Morgan fingerprint density at radius 2 is 2.11 bits per heavy atom. The van der Waals surface area contributed by atoms with Crippen molar-refractivity contribution < 1.29 is 17.9 Å². The molecule has 2 N–H and O–H groups in total. The molecule has 0 aliphatic heterocycles. The second-order valence-corrected chi connectivity index (χ2v) is 6.70. The first-order valence-electron chi connectivity index (χ1n) is 5.24. The van der Waals surface area contributed by atoms with E-state index in [1.54, 1.807) is 6.92 Å². The molecule has 9 heteroatoms. The fourth-order valence-electron chi connectivity index (χ4n) is 0.922. The molecule has 0 saturated heterocycles. The van der Waals surface area contributed by atoms with Crippen molar-refractivity contribution in [2.24, 2.45) is 0 Å². The van der Waals surface area contributed by atoms with Gasteiger partial charge in [0.25, 0.3) is 0 Å². The fourth-order valence-corrected chi connectivity index (χ4v) is 1.31. The van der Waals surface area contributed by atoms with Crippen LogP contribution in [0.15, 0.2) is 0 Å². The second-order valence-electron chi connectivity index (χ2n) is 4.14. The Bertz CT molecular complexity index is 535. The van der Waals surface area contributed by atoms with Crippen molar-refractivity contribution in [1.29, 1.82) is 0 Å². The van der Waals surface area contributed by atoms with Crippen LogP contribution < -0.4 is 10.1 Å². The van der Waals surface area contributed by atoms with Gasteiger partial charge in [-0.25, -0.2) is 13.5 Å². The molecule has 0 fully saturated rings. The summed E-state index contributed by atoms with van der Waals surface area (Å²) in [6.45, 7) is 4.79. The Balaban J connectivity index is 2.81.